The van der Waals surface area contributed by atoms with Crippen LogP contribution in [0.5, 0.6) is 0 Å². The maximum Gasteiger partial charge on any atom is 0.356 e. The SMILES string of the molecule is O=C(O)c1c(NCc2ccoc2)nc2ccccn12. The molecule has 3 rings (SSSR count). The van der Waals surface area contributed by atoms with Crippen LogP contribution in [0.1, 0.15) is 16.1 Å². The number of imidazole rings is 1. The van der Waals surface area contributed by atoms with Crippen molar-refractivity contribution in [2.75, 3.05) is 5.32 Å². The molecule has 0 amide bonds. The van der Waals surface area contributed by atoms with E-state index in [0.717, 1.165) is 5.56 Å². The van der Waals surface area contributed by atoms with Crippen LogP contribution in [0, 0.1) is 0 Å². The van der Waals surface area contributed by atoms with Crippen molar-refractivity contribution >= 4 is 17.4 Å². The number of pyridine rings is 1. The van der Waals surface area contributed by atoms with Gasteiger partial charge in [-0.15, -0.1) is 0 Å². The third kappa shape index (κ3) is 2.03. The summed E-state index contributed by atoms with van der Waals surface area (Å²) in [6, 6.07) is 7.15. The molecule has 0 spiro atoms. The summed E-state index contributed by atoms with van der Waals surface area (Å²) in [7, 11) is 0. The van der Waals surface area contributed by atoms with E-state index in [1.807, 2.05) is 12.1 Å². The van der Waals surface area contributed by atoms with Crippen molar-refractivity contribution in [3.8, 4) is 0 Å². The summed E-state index contributed by atoms with van der Waals surface area (Å²) in [6.07, 6.45) is 4.84. The van der Waals surface area contributed by atoms with E-state index in [-0.39, 0.29) is 5.69 Å². The normalized spacial score (nSPS) is 10.7. The molecule has 3 heterocycles. The first-order valence-electron chi connectivity index (χ1n) is 5.71. The van der Waals surface area contributed by atoms with Gasteiger partial charge in [-0.2, -0.15) is 0 Å². The van der Waals surface area contributed by atoms with Crippen molar-refractivity contribution in [1.29, 1.82) is 0 Å². The first-order valence-corrected chi connectivity index (χ1v) is 5.71. The Morgan fingerprint density at radius 1 is 1.42 bits per heavy atom. The van der Waals surface area contributed by atoms with Gasteiger partial charge in [-0.1, -0.05) is 6.07 Å². The van der Waals surface area contributed by atoms with Crippen molar-refractivity contribution in [3.05, 3.63) is 54.2 Å². The summed E-state index contributed by atoms with van der Waals surface area (Å²) in [5, 5.41) is 12.3. The van der Waals surface area contributed by atoms with Crippen LogP contribution in [0.2, 0.25) is 0 Å². The van der Waals surface area contributed by atoms with Gasteiger partial charge in [-0.3, -0.25) is 4.40 Å². The minimum atomic E-state index is -1.02. The molecule has 0 unspecified atom stereocenters. The molecule has 0 saturated carbocycles. The number of carboxylic acid groups (broad SMARTS) is 1. The number of hydrogen-bond acceptors (Lipinski definition) is 4. The van der Waals surface area contributed by atoms with Crippen LogP contribution in [-0.4, -0.2) is 20.5 Å². The molecular formula is C13H11N3O3. The van der Waals surface area contributed by atoms with E-state index in [1.54, 1.807) is 35.3 Å². The molecule has 6 heteroatoms. The highest BCUT2D eigenvalue weighted by molar-refractivity contribution is 5.92. The molecule has 2 N–H and O–H groups in total. The number of carbonyl (C=O) groups is 1. The molecule has 0 aliphatic heterocycles. The Labute approximate surface area is 108 Å². The summed E-state index contributed by atoms with van der Waals surface area (Å²) >= 11 is 0. The second-order valence-electron chi connectivity index (χ2n) is 4.03. The highest BCUT2D eigenvalue weighted by Crippen LogP contribution is 2.18. The highest BCUT2D eigenvalue weighted by Gasteiger charge is 2.17. The maximum absolute atomic E-state index is 11.3. The summed E-state index contributed by atoms with van der Waals surface area (Å²) in [6.45, 7) is 0.459. The van der Waals surface area contributed by atoms with Crippen LogP contribution in [-0.2, 0) is 6.54 Å². The molecule has 0 atom stereocenters. The van der Waals surface area contributed by atoms with E-state index in [0.29, 0.717) is 18.0 Å². The second-order valence-corrected chi connectivity index (χ2v) is 4.03. The number of furan rings is 1. The molecule has 0 fully saturated rings. The fourth-order valence-corrected chi connectivity index (χ4v) is 1.90. The predicted molar refractivity (Wildman–Crippen MR) is 68.2 cm³/mol. The number of nitrogens with one attached hydrogen (secondary N) is 1. The average molecular weight is 257 g/mol. The zero-order chi connectivity index (χ0) is 13.2. The summed E-state index contributed by atoms with van der Waals surface area (Å²) in [5.74, 6) is -0.673. The number of anilines is 1. The van der Waals surface area contributed by atoms with Gasteiger partial charge in [-0.05, 0) is 18.2 Å². The first-order chi connectivity index (χ1) is 9.25. The topological polar surface area (TPSA) is 79.8 Å². The minimum absolute atomic E-state index is 0.124. The highest BCUT2D eigenvalue weighted by atomic mass is 16.4. The van der Waals surface area contributed by atoms with Crippen molar-refractivity contribution in [2.24, 2.45) is 0 Å². The average Bonchev–Trinajstić information content (AvgIpc) is 3.03. The molecule has 3 aromatic heterocycles. The van der Waals surface area contributed by atoms with Gasteiger partial charge in [0.1, 0.15) is 5.65 Å². The van der Waals surface area contributed by atoms with Gasteiger partial charge in [0.25, 0.3) is 0 Å². The van der Waals surface area contributed by atoms with Gasteiger partial charge in [0.15, 0.2) is 11.5 Å². The van der Waals surface area contributed by atoms with E-state index in [2.05, 4.69) is 10.3 Å². The summed E-state index contributed by atoms with van der Waals surface area (Å²) in [5.41, 5.74) is 1.64. The van der Waals surface area contributed by atoms with Gasteiger partial charge < -0.3 is 14.8 Å². The zero-order valence-corrected chi connectivity index (χ0v) is 9.91. The zero-order valence-electron chi connectivity index (χ0n) is 9.91. The molecule has 0 aliphatic rings. The predicted octanol–water partition coefficient (Wildman–Crippen LogP) is 2.24. The Balaban J connectivity index is 1.98. The lowest BCUT2D eigenvalue weighted by atomic mass is 10.3. The smallest absolute Gasteiger partial charge is 0.356 e. The van der Waals surface area contributed by atoms with Crippen molar-refractivity contribution in [3.63, 3.8) is 0 Å². The van der Waals surface area contributed by atoms with Crippen LogP contribution in [0.4, 0.5) is 5.82 Å². The van der Waals surface area contributed by atoms with Gasteiger partial charge in [-0.25, -0.2) is 9.78 Å². The molecule has 96 valence electrons. The monoisotopic (exact) mass is 257 g/mol. The Hall–Kier alpha value is -2.76. The first kappa shape index (κ1) is 11.3. The van der Waals surface area contributed by atoms with Crippen LogP contribution < -0.4 is 5.32 Å². The van der Waals surface area contributed by atoms with Crippen LogP contribution in [0.15, 0.2) is 47.4 Å². The Kier molecular flexibility index (Phi) is 2.68. The van der Waals surface area contributed by atoms with E-state index in [1.165, 1.54) is 0 Å². The van der Waals surface area contributed by atoms with Gasteiger partial charge in [0.2, 0.25) is 0 Å². The molecule has 0 saturated heterocycles. The van der Waals surface area contributed by atoms with Crippen molar-refractivity contribution < 1.29 is 14.3 Å². The number of fused-ring (bicyclic) bond motifs is 1. The van der Waals surface area contributed by atoms with E-state index in [9.17, 15) is 9.90 Å². The fourth-order valence-electron chi connectivity index (χ4n) is 1.90. The van der Waals surface area contributed by atoms with Crippen molar-refractivity contribution in [2.45, 2.75) is 6.54 Å². The number of nitrogens with zero attached hydrogens (tertiary/aromatic N) is 2. The summed E-state index contributed by atoms with van der Waals surface area (Å²) in [4.78, 5) is 15.6. The quantitative estimate of drug-likeness (QED) is 0.749. The Bertz CT molecular complexity index is 716. The number of aromatic carboxylic acids is 1. The van der Waals surface area contributed by atoms with E-state index >= 15 is 0 Å². The van der Waals surface area contributed by atoms with E-state index in [4.69, 9.17) is 4.42 Å². The third-order valence-corrected chi connectivity index (χ3v) is 2.77. The number of aromatic nitrogens is 2. The standard InChI is InChI=1S/C13H11N3O3/c17-13(18)11-12(14-7-9-4-6-19-8-9)15-10-3-1-2-5-16(10)11/h1-6,8,14H,7H2,(H,17,18). The number of rotatable bonds is 4. The fraction of sp³-hybridized carbons (Fsp3) is 0.0769. The number of hydrogen-bond donors (Lipinski definition) is 2. The van der Waals surface area contributed by atoms with Gasteiger partial charge >= 0.3 is 5.97 Å². The van der Waals surface area contributed by atoms with Gasteiger partial charge in [0, 0.05) is 18.3 Å². The molecule has 0 aliphatic carbocycles. The molecule has 19 heavy (non-hydrogen) atoms. The van der Waals surface area contributed by atoms with Crippen LogP contribution in [0.25, 0.3) is 5.65 Å². The van der Waals surface area contributed by atoms with Crippen LogP contribution in [0.3, 0.4) is 0 Å². The lowest BCUT2D eigenvalue weighted by Crippen LogP contribution is -2.07. The molecule has 0 aromatic carbocycles. The van der Waals surface area contributed by atoms with Gasteiger partial charge in [0.05, 0.1) is 12.5 Å². The number of carboxylic acids is 1. The lowest BCUT2D eigenvalue weighted by Gasteiger charge is -2.02. The molecule has 6 nitrogen and oxygen atoms in total. The summed E-state index contributed by atoms with van der Waals surface area (Å²) < 4.78 is 6.50. The second kappa shape index (κ2) is 4.49. The molecular weight excluding hydrogens is 246 g/mol. The molecule has 0 radical (unpaired) electrons. The Morgan fingerprint density at radius 3 is 3.05 bits per heavy atom. The molecule has 3 aromatic rings. The largest absolute Gasteiger partial charge is 0.476 e. The molecule has 0 bridgehead atoms. The maximum atomic E-state index is 11.3. The van der Waals surface area contributed by atoms with E-state index < -0.39 is 5.97 Å². The Morgan fingerprint density at radius 2 is 2.32 bits per heavy atom. The van der Waals surface area contributed by atoms with Crippen LogP contribution >= 0.6 is 0 Å². The third-order valence-electron chi connectivity index (χ3n) is 2.77. The lowest BCUT2D eigenvalue weighted by molar-refractivity contribution is 0.0690. The minimum Gasteiger partial charge on any atom is -0.476 e. The van der Waals surface area contributed by atoms with Crippen molar-refractivity contribution in [1.82, 2.24) is 9.38 Å².